The summed E-state index contributed by atoms with van der Waals surface area (Å²) in [4.78, 5) is 69.8. The molecule has 0 spiro atoms. The topological polar surface area (TPSA) is 189 Å². The molecule has 13 nitrogen and oxygen atoms in total. The second-order valence-corrected chi connectivity index (χ2v) is 15.4. The molecule has 0 saturated carbocycles. The van der Waals surface area contributed by atoms with E-state index in [-0.39, 0.29) is 59.6 Å². The van der Waals surface area contributed by atoms with Gasteiger partial charge in [-0.1, -0.05) is 73.8 Å². The van der Waals surface area contributed by atoms with Gasteiger partial charge in [0.1, 0.15) is 48.4 Å². The van der Waals surface area contributed by atoms with Gasteiger partial charge in [0.2, 0.25) is 0 Å². The summed E-state index contributed by atoms with van der Waals surface area (Å²) in [5.74, 6) is -0.845. The van der Waals surface area contributed by atoms with E-state index in [1.54, 1.807) is 109 Å². The summed E-state index contributed by atoms with van der Waals surface area (Å²) in [6.07, 6.45) is 0.242. The number of aromatic carboxylic acids is 1. The number of alkyl halides is 2. The normalized spacial score (nSPS) is 14.5. The Bertz CT molecular complexity index is 2660. The lowest BCUT2D eigenvalue weighted by Gasteiger charge is -2.11. The molecule has 2 fully saturated rings. The molecule has 2 N–H and O–H groups in total. The lowest BCUT2D eigenvalue weighted by atomic mass is 10.0. The molecule has 8 rings (SSSR count). The number of phenols is 1. The van der Waals surface area contributed by atoms with Crippen molar-refractivity contribution >= 4 is 58.6 Å². The smallest absolute Gasteiger partial charge is 0.343 e. The van der Waals surface area contributed by atoms with Gasteiger partial charge in [-0.25, -0.2) is 19.2 Å². The number of carboxylic acids is 1. The maximum atomic E-state index is 12.5. The summed E-state index contributed by atoms with van der Waals surface area (Å²) in [5.41, 5.74) is 3.77. The van der Waals surface area contributed by atoms with Crippen molar-refractivity contribution in [3.05, 3.63) is 215 Å². The Morgan fingerprint density at radius 3 is 1.22 bits per heavy atom. The zero-order valence-corrected chi connectivity index (χ0v) is 37.8. The van der Waals surface area contributed by atoms with E-state index in [0.29, 0.717) is 69.1 Å². The van der Waals surface area contributed by atoms with E-state index in [1.807, 2.05) is 24.3 Å². The predicted octanol–water partition coefficient (Wildman–Crippen LogP) is 10.1. The molecule has 2 heterocycles. The fourth-order valence-corrected chi connectivity index (χ4v) is 6.18. The maximum absolute atomic E-state index is 12.5. The molecule has 0 aliphatic carbocycles. The van der Waals surface area contributed by atoms with Crippen LogP contribution in [0.15, 0.2) is 182 Å². The van der Waals surface area contributed by atoms with Crippen LogP contribution in [-0.2, 0) is 19.1 Å². The zero-order valence-electron chi connectivity index (χ0n) is 36.3. The standard InChI is InChI=1S/C26H20O6.C13H12O5.C13H10O2.CH2Cl2/c1-17-15-23(32-25(17)28)16-30-21-11-9-20(10-12-21)26(29)31-22-13-7-19(8-14-22)24(27)18-5-3-2-4-6-18;1-8-6-11(18-13(8)16)7-17-10-4-2-9(3-5-10)12(14)15;14-12-8-6-11(7-9-12)13(15)10-4-2-1-3-5-10;2-1-3/h2-14,23H,1,15-16H2;2-5,11H,1,6-7H2,(H,14,15);1-9,14H;1H2. The van der Waals surface area contributed by atoms with Crippen LogP contribution in [0.1, 0.15) is 65.4 Å². The van der Waals surface area contributed by atoms with Crippen LogP contribution < -0.4 is 14.2 Å². The van der Waals surface area contributed by atoms with Gasteiger partial charge in [-0.05, 0) is 97.1 Å². The highest BCUT2D eigenvalue weighted by Crippen LogP contribution is 2.23. The minimum absolute atomic E-state index is 0.0319. The summed E-state index contributed by atoms with van der Waals surface area (Å²) in [6, 6.07) is 43.2. The first kappa shape index (κ1) is 51.0. The van der Waals surface area contributed by atoms with Crippen LogP contribution in [0.3, 0.4) is 0 Å². The van der Waals surface area contributed by atoms with Crippen LogP contribution >= 0.6 is 23.2 Å². The van der Waals surface area contributed by atoms with Crippen molar-refractivity contribution in [2.75, 3.05) is 18.6 Å². The molecule has 68 heavy (non-hydrogen) atoms. The number of esters is 3. The average molecular weight is 960 g/mol. The first-order valence-corrected chi connectivity index (χ1v) is 21.7. The number of ketones is 2. The number of hydrogen-bond donors (Lipinski definition) is 2. The van der Waals surface area contributed by atoms with E-state index < -0.39 is 17.9 Å². The quantitative estimate of drug-likeness (QED) is 0.0366. The van der Waals surface area contributed by atoms with Gasteiger partial charge >= 0.3 is 23.9 Å². The zero-order chi connectivity index (χ0) is 49.0. The van der Waals surface area contributed by atoms with Gasteiger partial charge in [0, 0.05) is 46.2 Å². The first-order chi connectivity index (χ1) is 32.7. The average Bonchev–Trinajstić information content (AvgIpc) is 3.87. The van der Waals surface area contributed by atoms with E-state index in [1.165, 1.54) is 24.3 Å². The molecule has 0 aromatic heterocycles. The predicted molar refractivity (Wildman–Crippen MR) is 254 cm³/mol. The van der Waals surface area contributed by atoms with Crippen molar-refractivity contribution in [3.8, 4) is 23.0 Å². The molecule has 2 aliphatic heterocycles. The summed E-state index contributed by atoms with van der Waals surface area (Å²) in [6.45, 7) is 7.66. The van der Waals surface area contributed by atoms with E-state index in [0.717, 1.165) is 0 Å². The molecular weight excluding hydrogens is 915 g/mol. The van der Waals surface area contributed by atoms with Gasteiger partial charge in [-0.2, -0.15) is 0 Å². The number of ether oxygens (including phenoxy) is 5. The van der Waals surface area contributed by atoms with Crippen molar-refractivity contribution in [2.24, 2.45) is 0 Å². The number of carboxylic acid groups (broad SMARTS) is 1. The molecule has 6 aromatic carbocycles. The van der Waals surface area contributed by atoms with Crippen LogP contribution in [0.4, 0.5) is 0 Å². The maximum Gasteiger partial charge on any atom is 0.343 e. The third kappa shape index (κ3) is 15.6. The summed E-state index contributed by atoms with van der Waals surface area (Å²) < 4.78 is 26.5. The number of benzene rings is 6. The van der Waals surface area contributed by atoms with Gasteiger partial charge in [0.25, 0.3) is 0 Å². The Labute approximate surface area is 401 Å². The van der Waals surface area contributed by atoms with Crippen molar-refractivity contribution in [3.63, 3.8) is 0 Å². The Morgan fingerprint density at radius 1 is 0.515 bits per heavy atom. The number of aromatic hydroxyl groups is 1. The molecule has 0 amide bonds. The molecular formula is C53H44Cl2O13. The number of cyclic esters (lactones) is 2. The monoisotopic (exact) mass is 958 g/mol. The van der Waals surface area contributed by atoms with Gasteiger partial charge in [-0.3, -0.25) is 9.59 Å². The van der Waals surface area contributed by atoms with E-state index in [9.17, 15) is 28.8 Å². The van der Waals surface area contributed by atoms with E-state index >= 15 is 0 Å². The summed E-state index contributed by atoms with van der Waals surface area (Å²) in [7, 11) is 0. The van der Waals surface area contributed by atoms with Crippen LogP contribution in [0.25, 0.3) is 0 Å². The highest BCUT2D eigenvalue weighted by Gasteiger charge is 2.28. The second kappa shape index (κ2) is 25.6. The molecule has 0 bridgehead atoms. The third-order valence-electron chi connectivity index (χ3n) is 9.66. The van der Waals surface area contributed by atoms with Gasteiger partial charge in [0.05, 0.1) is 16.5 Å². The minimum atomic E-state index is -0.984. The number of phenolic OH excluding ortho intramolecular Hbond substituents is 1. The highest BCUT2D eigenvalue weighted by atomic mass is 35.5. The highest BCUT2D eigenvalue weighted by molar-refractivity contribution is 6.40. The minimum Gasteiger partial charge on any atom is -0.508 e. The number of carbonyl (C=O) groups is 6. The number of hydrogen-bond acceptors (Lipinski definition) is 12. The van der Waals surface area contributed by atoms with Crippen LogP contribution in [0.2, 0.25) is 0 Å². The largest absolute Gasteiger partial charge is 0.508 e. The Kier molecular flexibility index (Phi) is 19.2. The molecule has 2 saturated heterocycles. The molecule has 2 atom stereocenters. The van der Waals surface area contributed by atoms with Crippen LogP contribution in [0, 0.1) is 0 Å². The van der Waals surface area contributed by atoms with Crippen molar-refractivity contribution < 1.29 is 62.7 Å². The van der Waals surface area contributed by atoms with E-state index in [2.05, 4.69) is 13.2 Å². The van der Waals surface area contributed by atoms with Gasteiger partial charge in [0.15, 0.2) is 11.6 Å². The third-order valence-corrected chi connectivity index (χ3v) is 9.66. The molecule has 6 aromatic rings. The number of rotatable bonds is 13. The van der Waals surface area contributed by atoms with Crippen molar-refractivity contribution in [2.45, 2.75) is 25.0 Å². The fraction of sp³-hybridized carbons (Fsp3) is 0.132. The molecule has 2 unspecified atom stereocenters. The molecule has 348 valence electrons. The number of carbonyl (C=O) groups excluding carboxylic acids is 5. The molecule has 0 radical (unpaired) electrons. The van der Waals surface area contributed by atoms with Crippen LogP contribution in [-0.4, -0.2) is 76.4 Å². The lowest BCUT2D eigenvalue weighted by molar-refractivity contribution is -0.140. The van der Waals surface area contributed by atoms with Crippen molar-refractivity contribution in [1.82, 2.24) is 0 Å². The van der Waals surface area contributed by atoms with Gasteiger partial charge in [-0.15, -0.1) is 23.2 Å². The molecule has 2 aliphatic rings. The Morgan fingerprint density at radius 2 is 0.853 bits per heavy atom. The molecule has 15 heteroatoms. The Hall–Kier alpha value is -8.00. The SMILES string of the molecule is C=C1CC(COc2ccc(C(=O)O)cc2)OC1=O.C=C1CC(COc2ccc(C(=O)Oc3ccc(C(=O)c4ccccc4)cc3)cc2)OC1=O.ClCCl.O=C(c1ccccc1)c1ccc(O)cc1. The summed E-state index contributed by atoms with van der Waals surface area (Å²) >= 11 is 9.53. The Balaban J connectivity index is 0.000000202. The van der Waals surface area contributed by atoms with Crippen molar-refractivity contribution in [1.29, 1.82) is 0 Å². The number of halogens is 2. The van der Waals surface area contributed by atoms with E-state index in [4.69, 9.17) is 57.1 Å². The fourth-order valence-electron chi connectivity index (χ4n) is 6.18. The first-order valence-electron chi connectivity index (χ1n) is 20.6. The van der Waals surface area contributed by atoms with Crippen LogP contribution in [0.5, 0.6) is 23.0 Å². The lowest BCUT2D eigenvalue weighted by Crippen LogP contribution is -2.17. The van der Waals surface area contributed by atoms with Gasteiger partial charge < -0.3 is 33.9 Å². The summed E-state index contributed by atoms with van der Waals surface area (Å²) in [5, 5.41) is 18.0. The second-order valence-electron chi connectivity index (χ2n) is 14.6.